The third-order valence-corrected chi connectivity index (χ3v) is 7.90. The first kappa shape index (κ1) is 26.2. The Morgan fingerprint density at radius 1 is 1.00 bits per heavy atom. The van der Waals surface area contributed by atoms with Crippen molar-refractivity contribution < 1.29 is 4.74 Å². The van der Waals surface area contributed by atoms with Gasteiger partial charge < -0.3 is 4.74 Å². The van der Waals surface area contributed by atoms with Gasteiger partial charge in [-0.2, -0.15) is 9.78 Å². The molecule has 0 atom stereocenters. The molecular formula is C28H23BrCl3N3O2. The number of halogens is 4. The third-order valence-electron chi connectivity index (χ3n) is 6.48. The molecule has 0 unspecified atom stereocenters. The fraction of sp³-hybridized carbons (Fsp3) is 0.250. The summed E-state index contributed by atoms with van der Waals surface area (Å²) in [6.07, 6.45) is 6.98. The second kappa shape index (κ2) is 11.6. The Morgan fingerprint density at radius 3 is 2.46 bits per heavy atom. The molecule has 0 radical (unpaired) electrons. The summed E-state index contributed by atoms with van der Waals surface area (Å²) in [4.78, 5) is 18.4. The molecule has 1 aliphatic rings. The normalized spacial score (nSPS) is 14.5. The van der Waals surface area contributed by atoms with Crippen LogP contribution in [0.15, 0.2) is 69.0 Å². The summed E-state index contributed by atoms with van der Waals surface area (Å²) >= 11 is 22.7. The summed E-state index contributed by atoms with van der Waals surface area (Å²) in [7, 11) is 0. The molecule has 0 bridgehead atoms. The third kappa shape index (κ3) is 5.88. The van der Waals surface area contributed by atoms with E-state index >= 15 is 0 Å². The predicted molar refractivity (Wildman–Crippen MR) is 155 cm³/mol. The maximum absolute atomic E-state index is 13.5. The highest BCUT2D eigenvalue weighted by Crippen LogP contribution is 2.35. The van der Waals surface area contributed by atoms with E-state index in [9.17, 15) is 4.79 Å². The number of nitrogens with zero attached hydrogens (tertiary/aromatic N) is 3. The van der Waals surface area contributed by atoms with E-state index in [4.69, 9.17) is 44.5 Å². The van der Waals surface area contributed by atoms with E-state index in [1.807, 2.05) is 30.3 Å². The molecule has 0 spiro atoms. The molecule has 1 aromatic heterocycles. The molecular weight excluding hydrogens is 597 g/mol. The zero-order chi connectivity index (χ0) is 25.9. The number of benzene rings is 3. The Hall–Kier alpha value is -2.38. The van der Waals surface area contributed by atoms with Crippen LogP contribution in [0.2, 0.25) is 15.1 Å². The number of fused-ring (bicyclic) bond motifs is 1. The van der Waals surface area contributed by atoms with Crippen LogP contribution >= 0.6 is 50.7 Å². The number of hydrogen-bond donors (Lipinski definition) is 0. The number of ether oxygens (including phenoxy) is 1. The lowest BCUT2D eigenvalue weighted by Crippen LogP contribution is -2.25. The van der Waals surface area contributed by atoms with Gasteiger partial charge >= 0.3 is 0 Å². The molecule has 1 heterocycles. The Labute approximate surface area is 238 Å². The quantitative estimate of drug-likeness (QED) is 0.203. The van der Waals surface area contributed by atoms with Crippen molar-refractivity contribution in [3.05, 3.63) is 101 Å². The Kier molecular flexibility index (Phi) is 8.20. The number of hydrogen-bond acceptors (Lipinski definition) is 4. The summed E-state index contributed by atoms with van der Waals surface area (Å²) in [6, 6.07) is 16.4. The van der Waals surface area contributed by atoms with Gasteiger partial charge in [0, 0.05) is 21.0 Å². The van der Waals surface area contributed by atoms with Gasteiger partial charge in [-0.1, -0.05) is 88.2 Å². The zero-order valence-electron chi connectivity index (χ0n) is 19.8. The van der Waals surface area contributed by atoms with E-state index in [0.29, 0.717) is 43.1 Å². The Bertz CT molecular complexity index is 1520. The molecule has 37 heavy (non-hydrogen) atoms. The molecule has 9 heteroatoms. The first-order valence-corrected chi connectivity index (χ1v) is 13.9. The van der Waals surface area contributed by atoms with Crippen LogP contribution in [-0.2, 0) is 6.61 Å². The molecule has 0 amide bonds. The molecule has 190 valence electrons. The van der Waals surface area contributed by atoms with E-state index < -0.39 is 0 Å². The van der Waals surface area contributed by atoms with Crippen molar-refractivity contribution in [2.24, 2.45) is 5.10 Å². The van der Waals surface area contributed by atoms with Crippen molar-refractivity contribution in [1.29, 1.82) is 0 Å². The molecule has 4 aromatic rings. The van der Waals surface area contributed by atoms with Gasteiger partial charge in [-0.25, -0.2) is 4.98 Å². The Balaban J connectivity index is 1.48. The average Bonchev–Trinajstić information content (AvgIpc) is 2.89. The highest BCUT2D eigenvalue weighted by molar-refractivity contribution is 9.10. The zero-order valence-corrected chi connectivity index (χ0v) is 23.6. The lowest BCUT2D eigenvalue weighted by molar-refractivity contribution is 0.306. The first-order chi connectivity index (χ1) is 17.9. The summed E-state index contributed by atoms with van der Waals surface area (Å²) in [5, 5.41) is 6.35. The predicted octanol–water partition coefficient (Wildman–Crippen LogP) is 8.63. The van der Waals surface area contributed by atoms with Gasteiger partial charge in [0.25, 0.3) is 5.56 Å². The van der Waals surface area contributed by atoms with Crippen molar-refractivity contribution in [3.8, 4) is 5.75 Å². The van der Waals surface area contributed by atoms with Gasteiger partial charge in [0.05, 0.1) is 27.2 Å². The highest BCUT2D eigenvalue weighted by atomic mass is 79.9. The van der Waals surface area contributed by atoms with Crippen molar-refractivity contribution in [1.82, 2.24) is 9.66 Å². The summed E-state index contributed by atoms with van der Waals surface area (Å²) in [6.45, 7) is 0.227. The summed E-state index contributed by atoms with van der Waals surface area (Å²) < 4.78 is 8.10. The molecule has 0 saturated heterocycles. The highest BCUT2D eigenvalue weighted by Gasteiger charge is 2.22. The molecule has 1 fully saturated rings. The van der Waals surface area contributed by atoms with Crippen molar-refractivity contribution in [2.45, 2.75) is 44.6 Å². The maximum Gasteiger partial charge on any atom is 0.282 e. The van der Waals surface area contributed by atoms with Crippen LogP contribution in [0.25, 0.3) is 10.9 Å². The van der Waals surface area contributed by atoms with E-state index in [2.05, 4.69) is 21.0 Å². The van der Waals surface area contributed by atoms with Gasteiger partial charge in [-0.3, -0.25) is 4.79 Å². The standard InChI is InChI=1S/C28H23BrCl3N3O2/c29-20-10-11-25-21(14-20)28(36)35(27(34-25)18-6-2-1-3-7-18)33-15-17-12-23(31)26(24(32)13-17)37-16-19-8-4-5-9-22(19)30/h4-5,8-15,18H,1-3,6-7,16H2. The topological polar surface area (TPSA) is 56.5 Å². The van der Waals surface area contributed by atoms with E-state index in [1.54, 1.807) is 30.5 Å². The van der Waals surface area contributed by atoms with E-state index in [1.165, 1.54) is 11.1 Å². The minimum absolute atomic E-state index is 0.180. The van der Waals surface area contributed by atoms with Crippen LogP contribution in [0.1, 0.15) is 55.0 Å². The fourth-order valence-electron chi connectivity index (χ4n) is 4.58. The largest absolute Gasteiger partial charge is 0.486 e. The van der Waals surface area contributed by atoms with Crippen LogP contribution in [-0.4, -0.2) is 15.9 Å². The Morgan fingerprint density at radius 2 is 1.73 bits per heavy atom. The van der Waals surface area contributed by atoms with Crippen LogP contribution < -0.4 is 10.3 Å². The minimum atomic E-state index is -0.208. The van der Waals surface area contributed by atoms with Gasteiger partial charge in [0.1, 0.15) is 12.4 Å². The molecule has 5 rings (SSSR count). The molecule has 1 aliphatic carbocycles. The van der Waals surface area contributed by atoms with Crippen molar-refractivity contribution >= 4 is 67.9 Å². The van der Waals surface area contributed by atoms with Crippen molar-refractivity contribution in [2.75, 3.05) is 0 Å². The van der Waals surface area contributed by atoms with E-state index in [-0.39, 0.29) is 18.1 Å². The van der Waals surface area contributed by atoms with Crippen LogP contribution in [0.5, 0.6) is 5.75 Å². The SMILES string of the molecule is O=c1c2cc(Br)ccc2nc(C2CCCCC2)n1N=Cc1cc(Cl)c(OCc2ccccc2Cl)c(Cl)c1. The van der Waals surface area contributed by atoms with Crippen molar-refractivity contribution in [3.63, 3.8) is 0 Å². The summed E-state index contributed by atoms with van der Waals surface area (Å²) in [5.41, 5.74) is 1.93. The number of aromatic nitrogens is 2. The van der Waals surface area contributed by atoms with Gasteiger partial charge in [-0.15, -0.1) is 0 Å². The summed E-state index contributed by atoms with van der Waals surface area (Å²) in [5.74, 6) is 1.23. The lowest BCUT2D eigenvalue weighted by atomic mass is 9.88. The maximum atomic E-state index is 13.5. The van der Waals surface area contributed by atoms with Gasteiger partial charge in [-0.05, 0) is 54.8 Å². The smallest absolute Gasteiger partial charge is 0.282 e. The van der Waals surface area contributed by atoms with Gasteiger partial charge in [0.2, 0.25) is 0 Å². The molecule has 0 N–H and O–H groups in total. The second-order valence-corrected chi connectivity index (χ2v) is 11.2. The number of rotatable bonds is 6. The fourth-order valence-corrected chi connectivity index (χ4v) is 5.75. The first-order valence-electron chi connectivity index (χ1n) is 12.0. The monoisotopic (exact) mass is 617 g/mol. The van der Waals surface area contributed by atoms with Crippen LogP contribution in [0, 0.1) is 0 Å². The average molecular weight is 620 g/mol. The lowest BCUT2D eigenvalue weighted by Gasteiger charge is -2.22. The molecule has 1 saturated carbocycles. The van der Waals surface area contributed by atoms with Crippen LogP contribution in [0.3, 0.4) is 0 Å². The van der Waals surface area contributed by atoms with Crippen LogP contribution in [0.4, 0.5) is 0 Å². The molecule has 3 aromatic carbocycles. The van der Waals surface area contributed by atoms with Gasteiger partial charge in [0.15, 0.2) is 5.75 Å². The van der Waals surface area contributed by atoms with E-state index in [0.717, 1.165) is 35.7 Å². The second-order valence-electron chi connectivity index (χ2n) is 9.02. The molecule has 0 aliphatic heterocycles. The minimum Gasteiger partial charge on any atom is -0.486 e. The molecule has 5 nitrogen and oxygen atoms in total.